The molecule has 0 spiro atoms. The lowest BCUT2D eigenvalue weighted by Crippen LogP contribution is -2.25. The minimum absolute atomic E-state index is 0.0397. The molecule has 0 unspecified atom stereocenters. The van der Waals surface area contributed by atoms with Crippen molar-refractivity contribution >= 4 is 0 Å². The van der Waals surface area contributed by atoms with Gasteiger partial charge in [0.05, 0.1) is 5.60 Å². The van der Waals surface area contributed by atoms with Crippen molar-refractivity contribution in [2.75, 3.05) is 0 Å². The Morgan fingerprint density at radius 1 is 0.679 bits per heavy atom. The van der Waals surface area contributed by atoms with Gasteiger partial charge in [-0.2, -0.15) is 0 Å². The number of aromatic hydroxyl groups is 2. The normalized spacial score (nSPS) is 14.3. The van der Waals surface area contributed by atoms with Gasteiger partial charge in [0, 0.05) is 12.0 Å². The number of hydrogen-bond acceptors (Lipinski definition) is 3. The molecule has 0 aromatic heterocycles. The molecule has 0 fully saturated rings. The third-order valence-corrected chi connectivity index (χ3v) is 5.86. The van der Waals surface area contributed by atoms with E-state index in [-0.39, 0.29) is 17.9 Å². The van der Waals surface area contributed by atoms with E-state index in [1.54, 1.807) is 20.8 Å². The number of phenolic OH excluding ortho intramolecular Hbond substituents is 2. The fraction of sp³-hybridized carbons (Fsp3) is 0.739. The molecule has 1 aromatic carbocycles. The van der Waals surface area contributed by atoms with Crippen molar-refractivity contribution in [3.05, 3.63) is 22.3 Å². The molecule has 1 rings (SSSR count). The molecule has 1 aromatic rings. The second-order valence-corrected chi connectivity index (χ2v) is 8.74. The van der Waals surface area contributed by atoms with Crippen molar-refractivity contribution in [2.45, 2.75) is 110 Å². The fourth-order valence-electron chi connectivity index (χ4n) is 3.66. The SMILES string of the molecule is Cc1c(C)c(O)c(CC[C@@](C)(O)CCCCCCCCC(C)(F)F)c(C)c1O. The summed E-state index contributed by atoms with van der Waals surface area (Å²) in [6.45, 7) is 8.14. The van der Waals surface area contributed by atoms with Gasteiger partial charge in [0.1, 0.15) is 11.5 Å². The molecular formula is C23H38F2O3. The smallest absolute Gasteiger partial charge is 0.245 e. The van der Waals surface area contributed by atoms with Crippen LogP contribution in [0.5, 0.6) is 11.5 Å². The van der Waals surface area contributed by atoms with Crippen LogP contribution in [-0.2, 0) is 6.42 Å². The predicted molar refractivity (Wildman–Crippen MR) is 110 cm³/mol. The van der Waals surface area contributed by atoms with E-state index in [0.29, 0.717) is 47.9 Å². The number of rotatable bonds is 12. The van der Waals surface area contributed by atoms with Crippen LogP contribution < -0.4 is 0 Å². The van der Waals surface area contributed by atoms with Crippen molar-refractivity contribution in [1.29, 1.82) is 0 Å². The molecule has 0 heterocycles. The van der Waals surface area contributed by atoms with E-state index in [4.69, 9.17) is 0 Å². The molecule has 5 heteroatoms. The number of benzene rings is 1. The summed E-state index contributed by atoms with van der Waals surface area (Å²) >= 11 is 0. The Morgan fingerprint density at radius 2 is 1.14 bits per heavy atom. The van der Waals surface area contributed by atoms with Crippen molar-refractivity contribution in [3.63, 3.8) is 0 Å². The molecule has 0 bridgehead atoms. The molecule has 162 valence electrons. The molecule has 1 atom stereocenters. The Balaban J connectivity index is 2.38. The largest absolute Gasteiger partial charge is 0.507 e. The topological polar surface area (TPSA) is 60.7 Å². The standard InChI is InChI=1S/C23H38F2O3/c1-16-17(2)21(27)19(18(3)20(16)26)12-15-22(4,28)13-10-8-6-7-9-11-14-23(5,24)25/h26-28H,6-15H2,1-5H3/t22-/m0/s1. The van der Waals surface area contributed by atoms with Crippen molar-refractivity contribution in [2.24, 2.45) is 0 Å². The number of phenols is 2. The molecule has 0 amide bonds. The highest BCUT2D eigenvalue weighted by molar-refractivity contribution is 5.56. The summed E-state index contributed by atoms with van der Waals surface area (Å²) in [5, 5.41) is 31.3. The predicted octanol–water partition coefficient (Wildman–Crippen LogP) is 6.48. The van der Waals surface area contributed by atoms with Gasteiger partial charge in [-0.05, 0) is 77.0 Å². The summed E-state index contributed by atoms with van der Waals surface area (Å²) < 4.78 is 25.5. The summed E-state index contributed by atoms with van der Waals surface area (Å²) in [4.78, 5) is 0. The average molecular weight is 401 g/mol. The lowest BCUT2D eigenvalue weighted by molar-refractivity contribution is 0.0103. The summed E-state index contributed by atoms with van der Waals surface area (Å²) in [7, 11) is 0. The van der Waals surface area contributed by atoms with Gasteiger partial charge in [-0.3, -0.25) is 0 Å². The van der Waals surface area contributed by atoms with Crippen molar-refractivity contribution in [3.8, 4) is 11.5 Å². The first-order valence-electron chi connectivity index (χ1n) is 10.5. The van der Waals surface area contributed by atoms with Gasteiger partial charge < -0.3 is 15.3 Å². The Kier molecular flexibility index (Phi) is 9.19. The zero-order valence-electron chi connectivity index (χ0n) is 18.2. The van der Waals surface area contributed by atoms with Gasteiger partial charge in [-0.25, -0.2) is 8.78 Å². The maximum Gasteiger partial charge on any atom is 0.245 e. The van der Waals surface area contributed by atoms with E-state index in [9.17, 15) is 24.1 Å². The molecule has 0 saturated carbocycles. The zero-order chi connectivity index (χ0) is 21.5. The van der Waals surface area contributed by atoms with Crippen LogP contribution in [0, 0.1) is 20.8 Å². The minimum atomic E-state index is -2.56. The van der Waals surface area contributed by atoms with Gasteiger partial charge in [0.25, 0.3) is 0 Å². The highest BCUT2D eigenvalue weighted by atomic mass is 19.3. The van der Waals surface area contributed by atoms with Crippen LogP contribution in [-0.4, -0.2) is 26.8 Å². The number of unbranched alkanes of at least 4 members (excludes halogenated alkanes) is 5. The van der Waals surface area contributed by atoms with Crippen LogP contribution in [0.15, 0.2) is 0 Å². The molecule has 0 aliphatic rings. The summed E-state index contributed by atoms with van der Waals surface area (Å²) in [6, 6.07) is 0. The van der Waals surface area contributed by atoms with Gasteiger partial charge in [0.15, 0.2) is 0 Å². The van der Waals surface area contributed by atoms with Crippen LogP contribution in [0.1, 0.15) is 93.9 Å². The van der Waals surface area contributed by atoms with E-state index in [2.05, 4.69) is 0 Å². The van der Waals surface area contributed by atoms with Crippen LogP contribution in [0.3, 0.4) is 0 Å². The van der Waals surface area contributed by atoms with Crippen LogP contribution in [0.4, 0.5) is 8.78 Å². The Labute approximate surface area is 168 Å². The molecule has 0 radical (unpaired) electrons. The van der Waals surface area contributed by atoms with Crippen molar-refractivity contribution < 1.29 is 24.1 Å². The van der Waals surface area contributed by atoms with Gasteiger partial charge >= 0.3 is 0 Å². The number of alkyl halides is 2. The minimum Gasteiger partial charge on any atom is -0.507 e. The first-order chi connectivity index (χ1) is 12.9. The van der Waals surface area contributed by atoms with Crippen LogP contribution >= 0.6 is 0 Å². The average Bonchev–Trinajstić information content (AvgIpc) is 2.59. The van der Waals surface area contributed by atoms with E-state index in [0.717, 1.165) is 39.0 Å². The Hall–Kier alpha value is -1.36. The quantitative estimate of drug-likeness (QED) is 0.278. The Morgan fingerprint density at radius 3 is 1.68 bits per heavy atom. The van der Waals surface area contributed by atoms with E-state index in [1.807, 2.05) is 6.92 Å². The number of hydrogen-bond donors (Lipinski definition) is 3. The van der Waals surface area contributed by atoms with Gasteiger partial charge in [-0.15, -0.1) is 0 Å². The van der Waals surface area contributed by atoms with Gasteiger partial charge in [-0.1, -0.05) is 32.1 Å². The van der Waals surface area contributed by atoms with E-state index >= 15 is 0 Å². The number of halogens is 2. The summed E-state index contributed by atoms with van der Waals surface area (Å²) in [5.41, 5.74) is 1.91. The van der Waals surface area contributed by atoms with Crippen LogP contribution in [0.2, 0.25) is 0 Å². The van der Waals surface area contributed by atoms with Crippen molar-refractivity contribution in [1.82, 2.24) is 0 Å². The monoisotopic (exact) mass is 400 g/mol. The highest BCUT2D eigenvalue weighted by Gasteiger charge is 2.23. The first-order valence-corrected chi connectivity index (χ1v) is 10.5. The first kappa shape index (κ1) is 24.7. The molecule has 0 aliphatic heterocycles. The molecule has 3 nitrogen and oxygen atoms in total. The molecule has 3 N–H and O–H groups in total. The fourth-order valence-corrected chi connectivity index (χ4v) is 3.66. The molecule has 0 saturated heterocycles. The summed E-state index contributed by atoms with van der Waals surface area (Å²) in [6.07, 6.45) is 6.84. The zero-order valence-corrected chi connectivity index (χ0v) is 18.2. The molecule has 0 aliphatic carbocycles. The molecular weight excluding hydrogens is 362 g/mol. The second kappa shape index (κ2) is 10.4. The van der Waals surface area contributed by atoms with E-state index < -0.39 is 11.5 Å². The highest BCUT2D eigenvalue weighted by Crippen LogP contribution is 2.37. The Bertz CT molecular complexity index is 605. The summed E-state index contributed by atoms with van der Waals surface area (Å²) in [5.74, 6) is -2.13. The lowest BCUT2D eigenvalue weighted by atomic mass is 9.88. The lowest BCUT2D eigenvalue weighted by Gasteiger charge is -2.25. The maximum absolute atomic E-state index is 12.7. The molecule has 28 heavy (non-hydrogen) atoms. The maximum atomic E-state index is 12.7. The third-order valence-electron chi connectivity index (χ3n) is 5.86. The van der Waals surface area contributed by atoms with Crippen LogP contribution in [0.25, 0.3) is 0 Å². The third kappa shape index (κ3) is 7.94. The van der Waals surface area contributed by atoms with Gasteiger partial charge in [0.2, 0.25) is 5.92 Å². The second-order valence-electron chi connectivity index (χ2n) is 8.74. The van der Waals surface area contributed by atoms with E-state index in [1.165, 1.54) is 0 Å². The number of aliphatic hydroxyl groups is 1.